The summed E-state index contributed by atoms with van der Waals surface area (Å²) >= 11 is 3.35. The first-order valence-corrected chi connectivity index (χ1v) is 7.90. The van der Waals surface area contributed by atoms with Gasteiger partial charge in [-0.3, -0.25) is 4.79 Å². The van der Waals surface area contributed by atoms with Gasteiger partial charge in [0.1, 0.15) is 11.5 Å². The van der Waals surface area contributed by atoms with Gasteiger partial charge >= 0.3 is 0 Å². The second kappa shape index (κ2) is 8.95. The molecule has 0 aliphatic rings. The molecule has 0 saturated heterocycles. The number of amides is 1. The number of hydrazone groups is 1. The summed E-state index contributed by atoms with van der Waals surface area (Å²) in [6, 6.07) is 14.7. The van der Waals surface area contributed by atoms with Crippen molar-refractivity contribution >= 4 is 28.1 Å². The molecular weight excluding hydrogens is 360 g/mol. The van der Waals surface area contributed by atoms with E-state index in [4.69, 9.17) is 9.47 Å². The molecule has 0 unspecified atom stereocenters. The molecule has 2 aromatic carbocycles. The molecule has 0 aliphatic heterocycles. The molecule has 0 atom stereocenters. The number of ether oxygens (including phenoxy) is 2. The number of rotatable bonds is 7. The highest BCUT2D eigenvalue weighted by molar-refractivity contribution is 9.10. The van der Waals surface area contributed by atoms with Gasteiger partial charge in [-0.2, -0.15) is 5.10 Å². The van der Waals surface area contributed by atoms with Gasteiger partial charge in [-0.15, -0.1) is 0 Å². The Kier molecular flexibility index (Phi) is 6.62. The van der Waals surface area contributed by atoms with Crippen LogP contribution in [0.5, 0.6) is 11.5 Å². The number of nitrogens with one attached hydrogen (secondary N) is 1. The molecule has 0 bridgehead atoms. The monoisotopic (exact) mass is 376 g/mol. The van der Waals surface area contributed by atoms with E-state index in [1.807, 2.05) is 31.2 Å². The molecule has 0 aliphatic carbocycles. The second-order valence-electron chi connectivity index (χ2n) is 4.54. The third kappa shape index (κ3) is 6.12. The standard InChI is InChI=1S/C17H17BrN2O3/c1-2-22-15-7-9-16(10-8-15)23-12-17(21)20-19-11-13-3-5-14(18)6-4-13/h3-11H,2,12H2,1H3,(H,20,21)/b19-11+. The Hall–Kier alpha value is -2.34. The van der Waals surface area contributed by atoms with Crippen LogP contribution in [0.25, 0.3) is 0 Å². The number of benzene rings is 2. The second-order valence-corrected chi connectivity index (χ2v) is 5.45. The predicted octanol–water partition coefficient (Wildman–Crippen LogP) is 3.38. The lowest BCUT2D eigenvalue weighted by Crippen LogP contribution is -2.24. The van der Waals surface area contributed by atoms with Gasteiger partial charge in [0.05, 0.1) is 12.8 Å². The summed E-state index contributed by atoms with van der Waals surface area (Å²) in [4.78, 5) is 11.6. The average molecular weight is 377 g/mol. The number of hydrogen-bond acceptors (Lipinski definition) is 4. The fourth-order valence-corrected chi connectivity index (χ4v) is 1.97. The maximum atomic E-state index is 11.6. The van der Waals surface area contributed by atoms with Gasteiger partial charge in [-0.25, -0.2) is 5.43 Å². The Labute approximate surface area is 143 Å². The van der Waals surface area contributed by atoms with Crippen LogP contribution in [0.1, 0.15) is 12.5 Å². The summed E-state index contributed by atoms with van der Waals surface area (Å²) in [6.07, 6.45) is 1.57. The van der Waals surface area contributed by atoms with Crippen molar-refractivity contribution in [3.05, 3.63) is 58.6 Å². The molecule has 1 N–H and O–H groups in total. The number of hydrogen-bond donors (Lipinski definition) is 1. The van der Waals surface area contributed by atoms with Gasteiger partial charge in [-0.05, 0) is 48.9 Å². The third-order valence-electron chi connectivity index (χ3n) is 2.78. The van der Waals surface area contributed by atoms with Crippen molar-refractivity contribution in [2.75, 3.05) is 13.2 Å². The zero-order valence-electron chi connectivity index (χ0n) is 12.7. The van der Waals surface area contributed by atoms with Crippen molar-refractivity contribution in [1.82, 2.24) is 5.43 Å². The van der Waals surface area contributed by atoms with Gasteiger partial charge in [-0.1, -0.05) is 28.1 Å². The van der Waals surface area contributed by atoms with E-state index in [2.05, 4.69) is 26.5 Å². The number of carbonyl (C=O) groups excluding carboxylic acids is 1. The van der Waals surface area contributed by atoms with E-state index in [1.165, 1.54) is 0 Å². The minimum absolute atomic E-state index is 0.105. The average Bonchev–Trinajstić information content (AvgIpc) is 2.56. The zero-order valence-corrected chi connectivity index (χ0v) is 14.2. The first-order valence-electron chi connectivity index (χ1n) is 7.10. The van der Waals surface area contributed by atoms with E-state index in [-0.39, 0.29) is 12.5 Å². The zero-order chi connectivity index (χ0) is 16.5. The van der Waals surface area contributed by atoms with Gasteiger partial charge in [0, 0.05) is 4.47 Å². The maximum Gasteiger partial charge on any atom is 0.277 e. The van der Waals surface area contributed by atoms with Crippen LogP contribution in [0.3, 0.4) is 0 Å². The number of halogens is 1. The summed E-state index contributed by atoms with van der Waals surface area (Å²) in [6.45, 7) is 2.42. The van der Waals surface area contributed by atoms with E-state index < -0.39 is 0 Å². The minimum Gasteiger partial charge on any atom is -0.494 e. The van der Waals surface area contributed by atoms with Crippen LogP contribution >= 0.6 is 15.9 Å². The lowest BCUT2D eigenvalue weighted by molar-refractivity contribution is -0.123. The third-order valence-corrected chi connectivity index (χ3v) is 3.31. The Morgan fingerprint density at radius 1 is 1.09 bits per heavy atom. The topological polar surface area (TPSA) is 59.9 Å². The fraction of sp³-hybridized carbons (Fsp3) is 0.176. The lowest BCUT2D eigenvalue weighted by Gasteiger charge is -2.06. The summed E-state index contributed by atoms with van der Waals surface area (Å²) in [5, 5.41) is 3.88. The predicted molar refractivity (Wildman–Crippen MR) is 93.0 cm³/mol. The Morgan fingerprint density at radius 3 is 2.30 bits per heavy atom. The van der Waals surface area contributed by atoms with Crippen molar-refractivity contribution in [1.29, 1.82) is 0 Å². The van der Waals surface area contributed by atoms with E-state index in [0.29, 0.717) is 12.4 Å². The SMILES string of the molecule is CCOc1ccc(OCC(=O)N/N=C/c2ccc(Br)cc2)cc1. The van der Waals surface area contributed by atoms with Crippen LogP contribution in [0.15, 0.2) is 58.1 Å². The molecule has 6 heteroatoms. The Balaban J connectivity index is 1.75. The molecule has 0 fully saturated rings. The van der Waals surface area contributed by atoms with Gasteiger partial charge < -0.3 is 9.47 Å². The molecule has 120 valence electrons. The lowest BCUT2D eigenvalue weighted by atomic mass is 10.2. The number of nitrogens with zero attached hydrogens (tertiary/aromatic N) is 1. The van der Waals surface area contributed by atoms with Crippen LogP contribution in [-0.4, -0.2) is 25.3 Å². The molecule has 0 saturated carbocycles. The van der Waals surface area contributed by atoms with Crippen molar-refractivity contribution in [2.24, 2.45) is 5.10 Å². The smallest absolute Gasteiger partial charge is 0.277 e. The highest BCUT2D eigenvalue weighted by Gasteiger charge is 2.01. The van der Waals surface area contributed by atoms with Crippen molar-refractivity contribution in [3.8, 4) is 11.5 Å². The molecule has 0 radical (unpaired) electrons. The maximum absolute atomic E-state index is 11.6. The molecule has 23 heavy (non-hydrogen) atoms. The van der Waals surface area contributed by atoms with Crippen LogP contribution in [0.4, 0.5) is 0 Å². The Bertz CT molecular complexity index is 655. The summed E-state index contributed by atoms with van der Waals surface area (Å²) < 4.78 is 11.7. The fourth-order valence-electron chi connectivity index (χ4n) is 1.71. The van der Waals surface area contributed by atoms with Gasteiger partial charge in [0.25, 0.3) is 5.91 Å². The quantitative estimate of drug-likeness (QED) is 0.595. The van der Waals surface area contributed by atoms with E-state index in [0.717, 1.165) is 15.8 Å². The molecule has 5 nitrogen and oxygen atoms in total. The van der Waals surface area contributed by atoms with E-state index in [1.54, 1.807) is 30.5 Å². The number of carbonyl (C=O) groups is 1. The van der Waals surface area contributed by atoms with E-state index >= 15 is 0 Å². The van der Waals surface area contributed by atoms with Crippen molar-refractivity contribution < 1.29 is 14.3 Å². The van der Waals surface area contributed by atoms with Crippen molar-refractivity contribution in [3.63, 3.8) is 0 Å². The molecule has 2 aromatic rings. The van der Waals surface area contributed by atoms with Crippen molar-refractivity contribution in [2.45, 2.75) is 6.92 Å². The summed E-state index contributed by atoms with van der Waals surface area (Å²) in [5.41, 5.74) is 3.31. The largest absolute Gasteiger partial charge is 0.494 e. The Morgan fingerprint density at radius 2 is 1.70 bits per heavy atom. The van der Waals surface area contributed by atoms with Crippen LogP contribution < -0.4 is 14.9 Å². The highest BCUT2D eigenvalue weighted by Crippen LogP contribution is 2.17. The van der Waals surface area contributed by atoms with E-state index in [9.17, 15) is 4.79 Å². The molecule has 0 aromatic heterocycles. The normalized spacial score (nSPS) is 10.5. The molecule has 2 rings (SSSR count). The minimum atomic E-state index is -0.327. The van der Waals surface area contributed by atoms with Gasteiger partial charge in [0.2, 0.25) is 0 Å². The molecular formula is C17H17BrN2O3. The van der Waals surface area contributed by atoms with Crippen LogP contribution in [0.2, 0.25) is 0 Å². The molecule has 0 spiro atoms. The first kappa shape index (κ1) is 17.0. The van der Waals surface area contributed by atoms with Crippen LogP contribution in [0, 0.1) is 0 Å². The highest BCUT2D eigenvalue weighted by atomic mass is 79.9. The van der Waals surface area contributed by atoms with Crippen LogP contribution in [-0.2, 0) is 4.79 Å². The summed E-state index contributed by atoms with van der Waals surface area (Å²) in [7, 11) is 0. The first-order chi connectivity index (χ1) is 11.2. The molecule has 0 heterocycles. The van der Waals surface area contributed by atoms with Gasteiger partial charge in [0.15, 0.2) is 6.61 Å². The summed E-state index contributed by atoms with van der Waals surface area (Å²) in [5.74, 6) is 1.04. The molecule has 1 amide bonds.